The average molecular weight is 355 g/mol. The minimum absolute atomic E-state index is 0.199. The van der Waals surface area contributed by atoms with Crippen molar-refractivity contribution in [2.75, 3.05) is 11.1 Å². The third-order valence-corrected chi connectivity index (χ3v) is 4.68. The van der Waals surface area contributed by atoms with E-state index in [9.17, 15) is 17.6 Å². The highest BCUT2D eigenvalue weighted by molar-refractivity contribution is 7.90. The van der Waals surface area contributed by atoms with Crippen LogP contribution in [0.2, 0.25) is 0 Å². The molecule has 8 nitrogen and oxygen atoms in total. The van der Waals surface area contributed by atoms with Crippen molar-refractivity contribution < 1.29 is 17.6 Å². The van der Waals surface area contributed by atoms with E-state index in [1.165, 1.54) is 28.9 Å². The summed E-state index contributed by atoms with van der Waals surface area (Å²) in [5.74, 6) is -1.25. The molecular formula is C14H18FN5O3S. The molecule has 0 aliphatic carbocycles. The van der Waals surface area contributed by atoms with E-state index in [0.717, 1.165) is 6.42 Å². The van der Waals surface area contributed by atoms with E-state index in [2.05, 4.69) is 20.8 Å². The van der Waals surface area contributed by atoms with E-state index in [1.54, 1.807) is 0 Å². The number of aromatic nitrogens is 4. The molecule has 0 aliphatic rings. The highest BCUT2D eigenvalue weighted by Crippen LogP contribution is 2.10. The number of amides is 1. The molecule has 0 radical (unpaired) electrons. The lowest BCUT2D eigenvalue weighted by Gasteiger charge is -2.06. The van der Waals surface area contributed by atoms with Gasteiger partial charge < -0.3 is 5.32 Å². The Balaban J connectivity index is 1.88. The van der Waals surface area contributed by atoms with Crippen LogP contribution in [0.4, 0.5) is 10.1 Å². The normalized spacial score (nSPS) is 11.4. The Kier molecular flexibility index (Phi) is 5.96. The van der Waals surface area contributed by atoms with Crippen LogP contribution >= 0.6 is 0 Å². The zero-order valence-corrected chi connectivity index (χ0v) is 14.0. The van der Waals surface area contributed by atoms with Gasteiger partial charge in [-0.2, -0.15) is 0 Å². The number of hydrogen-bond acceptors (Lipinski definition) is 6. The molecule has 2 rings (SSSR count). The summed E-state index contributed by atoms with van der Waals surface area (Å²) in [7, 11) is -3.52. The van der Waals surface area contributed by atoms with Gasteiger partial charge in [-0.15, -0.1) is 5.10 Å². The molecular weight excluding hydrogens is 337 g/mol. The lowest BCUT2D eigenvalue weighted by molar-refractivity contribution is -0.115. The molecule has 10 heteroatoms. The first kappa shape index (κ1) is 18.0. The quantitative estimate of drug-likeness (QED) is 0.762. The van der Waals surface area contributed by atoms with Gasteiger partial charge in [-0.05, 0) is 41.1 Å². The van der Waals surface area contributed by atoms with E-state index < -0.39 is 21.6 Å². The lowest BCUT2D eigenvalue weighted by atomic mass is 10.3. The number of anilines is 1. The zero-order valence-electron chi connectivity index (χ0n) is 13.1. The standard InChI is InChI=1S/C14H18FN5O3S/c1-2-8-20-13(17-18-19-20)10-24(22,23)9-7-14(21)16-12-5-3-11(15)4-6-12/h3-6H,2,7-10H2,1H3,(H,16,21). The van der Waals surface area contributed by atoms with Crippen LogP contribution in [0, 0.1) is 5.82 Å². The number of carbonyl (C=O) groups excluding carboxylic acids is 1. The SMILES string of the molecule is CCCn1nnnc1CS(=O)(=O)CCC(=O)Nc1ccc(F)cc1. The molecule has 0 saturated heterocycles. The molecule has 130 valence electrons. The second-order valence-corrected chi connectivity index (χ2v) is 7.40. The van der Waals surface area contributed by atoms with Gasteiger partial charge in [-0.1, -0.05) is 6.92 Å². The molecule has 1 aromatic heterocycles. The summed E-state index contributed by atoms with van der Waals surface area (Å²) in [6, 6.07) is 5.22. The van der Waals surface area contributed by atoms with E-state index in [4.69, 9.17) is 0 Å². The minimum atomic E-state index is -3.52. The summed E-state index contributed by atoms with van der Waals surface area (Å²) in [5.41, 5.74) is 0.408. The summed E-state index contributed by atoms with van der Waals surface area (Å²) < 4.78 is 38.5. The van der Waals surface area contributed by atoms with Crippen molar-refractivity contribution in [2.45, 2.75) is 32.1 Å². The molecule has 1 amide bonds. The van der Waals surface area contributed by atoms with Crippen LogP contribution in [0.5, 0.6) is 0 Å². The second kappa shape index (κ2) is 7.95. The van der Waals surface area contributed by atoms with Gasteiger partial charge in [0.25, 0.3) is 0 Å². The maximum atomic E-state index is 12.8. The fourth-order valence-corrected chi connectivity index (χ4v) is 3.23. The maximum Gasteiger partial charge on any atom is 0.225 e. The largest absolute Gasteiger partial charge is 0.326 e. The number of nitrogens with zero attached hydrogens (tertiary/aromatic N) is 4. The molecule has 0 saturated carbocycles. The number of rotatable bonds is 8. The topological polar surface area (TPSA) is 107 Å². The third-order valence-electron chi connectivity index (χ3n) is 3.16. The van der Waals surface area contributed by atoms with Crippen LogP contribution in [0.25, 0.3) is 0 Å². The minimum Gasteiger partial charge on any atom is -0.326 e. The molecule has 1 heterocycles. The summed E-state index contributed by atoms with van der Waals surface area (Å²) in [6.07, 6.45) is 0.577. The van der Waals surface area contributed by atoms with Gasteiger partial charge >= 0.3 is 0 Å². The molecule has 1 N–H and O–H groups in total. The first-order chi connectivity index (χ1) is 11.4. The Hall–Kier alpha value is -2.36. The average Bonchev–Trinajstić information content (AvgIpc) is 2.95. The molecule has 1 aromatic carbocycles. The van der Waals surface area contributed by atoms with Crippen molar-refractivity contribution in [3.8, 4) is 0 Å². The van der Waals surface area contributed by atoms with Crippen LogP contribution in [0.15, 0.2) is 24.3 Å². The molecule has 0 atom stereocenters. The predicted molar refractivity (Wildman–Crippen MR) is 85.2 cm³/mol. The number of nitrogens with one attached hydrogen (secondary N) is 1. The number of aryl methyl sites for hydroxylation is 1. The van der Waals surface area contributed by atoms with Gasteiger partial charge in [-0.3, -0.25) is 4.79 Å². The van der Waals surface area contributed by atoms with Gasteiger partial charge in [-0.25, -0.2) is 17.5 Å². The van der Waals surface area contributed by atoms with Gasteiger partial charge in [0.05, 0.1) is 5.75 Å². The summed E-state index contributed by atoms with van der Waals surface area (Å²) in [5, 5.41) is 13.4. The number of halogens is 1. The molecule has 0 fully saturated rings. The van der Waals surface area contributed by atoms with Crippen molar-refractivity contribution >= 4 is 21.4 Å². The first-order valence-corrected chi connectivity index (χ1v) is 9.22. The molecule has 0 spiro atoms. The smallest absolute Gasteiger partial charge is 0.225 e. The van der Waals surface area contributed by atoms with Crippen molar-refractivity contribution in [3.63, 3.8) is 0 Å². The van der Waals surface area contributed by atoms with Gasteiger partial charge in [0.2, 0.25) is 5.91 Å². The summed E-state index contributed by atoms with van der Waals surface area (Å²) >= 11 is 0. The molecule has 24 heavy (non-hydrogen) atoms. The number of tetrazole rings is 1. The van der Waals surface area contributed by atoms with Gasteiger partial charge in [0.15, 0.2) is 15.7 Å². The molecule has 0 aliphatic heterocycles. The Morgan fingerprint density at radius 3 is 2.67 bits per heavy atom. The maximum absolute atomic E-state index is 12.8. The summed E-state index contributed by atoms with van der Waals surface area (Å²) in [4.78, 5) is 11.8. The number of carbonyl (C=O) groups is 1. The number of benzene rings is 1. The van der Waals surface area contributed by atoms with Crippen molar-refractivity contribution in [3.05, 3.63) is 35.9 Å². The molecule has 0 bridgehead atoms. The van der Waals surface area contributed by atoms with Crippen molar-refractivity contribution in [1.29, 1.82) is 0 Å². The Morgan fingerprint density at radius 1 is 1.29 bits per heavy atom. The fraction of sp³-hybridized carbons (Fsp3) is 0.429. The highest BCUT2D eigenvalue weighted by Gasteiger charge is 2.19. The van der Waals surface area contributed by atoms with E-state index >= 15 is 0 Å². The number of sulfone groups is 1. The van der Waals surface area contributed by atoms with Gasteiger partial charge in [0, 0.05) is 18.7 Å². The Morgan fingerprint density at radius 2 is 2.00 bits per heavy atom. The van der Waals surface area contributed by atoms with Crippen molar-refractivity contribution in [1.82, 2.24) is 20.2 Å². The number of hydrogen-bond donors (Lipinski definition) is 1. The van der Waals surface area contributed by atoms with E-state index in [0.29, 0.717) is 12.2 Å². The summed E-state index contributed by atoms with van der Waals surface area (Å²) in [6.45, 7) is 2.46. The lowest BCUT2D eigenvalue weighted by Crippen LogP contribution is -2.20. The van der Waals surface area contributed by atoms with E-state index in [-0.39, 0.29) is 23.8 Å². The fourth-order valence-electron chi connectivity index (χ4n) is 1.99. The third kappa shape index (κ3) is 5.37. The van der Waals surface area contributed by atoms with E-state index in [1.807, 2.05) is 6.92 Å². The monoisotopic (exact) mass is 355 g/mol. The van der Waals surface area contributed by atoms with Crippen molar-refractivity contribution in [2.24, 2.45) is 0 Å². The van der Waals surface area contributed by atoms with Crippen LogP contribution < -0.4 is 5.32 Å². The molecule has 2 aromatic rings. The first-order valence-electron chi connectivity index (χ1n) is 7.40. The van der Waals surface area contributed by atoms with Crippen LogP contribution in [-0.4, -0.2) is 40.3 Å². The van der Waals surface area contributed by atoms with Crippen LogP contribution in [0.3, 0.4) is 0 Å². The highest BCUT2D eigenvalue weighted by atomic mass is 32.2. The van der Waals surface area contributed by atoms with Gasteiger partial charge in [0.1, 0.15) is 11.6 Å². The Labute approximate surface area is 139 Å². The predicted octanol–water partition coefficient (Wildman–Crippen LogP) is 1.17. The molecule has 0 unspecified atom stereocenters. The Bertz CT molecular complexity index is 789. The van der Waals surface area contributed by atoms with Crippen LogP contribution in [0.1, 0.15) is 25.6 Å². The zero-order chi connectivity index (χ0) is 17.6. The second-order valence-electron chi connectivity index (χ2n) is 5.22. The van der Waals surface area contributed by atoms with Crippen LogP contribution in [-0.2, 0) is 26.9 Å².